The molecule has 0 fully saturated rings. The fourth-order valence-electron chi connectivity index (χ4n) is 2.75. The minimum atomic E-state index is -4.59. The van der Waals surface area contributed by atoms with Crippen LogP contribution < -0.4 is 5.32 Å². The standard InChI is InChI=1S/C14H17F3N6O2/c1-22-9(5-10(20-22)14(15,16)17)13(24)18-8-3-4-12-19-11(7-25-2)21-23(12)6-8/h5,8H,3-4,6-7H2,1-2H3,(H,18,24). The first-order valence-electron chi connectivity index (χ1n) is 7.61. The zero-order valence-corrected chi connectivity index (χ0v) is 13.7. The minimum absolute atomic E-state index is 0.142. The Morgan fingerprint density at radius 1 is 1.44 bits per heavy atom. The number of aryl methyl sites for hydroxylation is 2. The SMILES string of the molecule is COCc1nc2n(n1)CC(NC(=O)c1cc(C(F)(F)F)nn1C)CC2. The van der Waals surface area contributed by atoms with Crippen LogP contribution in [0, 0.1) is 0 Å². The minimum Gasteiger partial charge on any atom is -0.377 e. The van der Waals surface area contributed by atoms with Gasteiger partial charge in [0, 0.05) is 32.7 Å². The summed E-state index contributed by atoms with van der Waals surface area (Å²) in [5, 5.41) is 10.4. The van der Waals surface area contributed by atoms with E-state index in [0.717, 1.165) is 16.6 Å². The van der Waals surface area contributed by atoms with E-state index in [9.17, 15) is 18.0 Å². The van der Waals surface area contributed by atoms with Gasteiger partial charge in [-0.2, -0.15) is 23.4 Å². The Morgan fingerprint density at radius 3 is 2.84 bits per heavy atom. The molecule has 136 valence electrons. The van der Waals surface area contributed by atoms with Gasteiger partial charge in [0.05, 0.1) is 6.54 Å². The van der Waals surface area contributed by atoms with E-state index in [-0.39, 0.29) is 11.7 Å². The van der Waals surface area contributed by atoms with E-state index in [2.05, 4.69) is 20.5 Å². The normalized spacial score (nSPS) is 17.4. The number of nitrogens with zero attached hydrogens (tertiary/aromatic N) is 5. The van der Waals surface area contributed by atoms with Gasteiger partial charge in [0.2, 0.25) is 0 Å². The predicted octanol–water partition coefficient (Wildman–Crippen LogP) is 0.922. The highest BCUT2D eigenvalue weighted by Gasteiger charge is 2.35. The maximum Gasteiger partial charge on any atom is 0.435 e. The number of amides is 1. The quantitative estimate of drug-likeness (QED) is 0.878. The highest BCUT2D eigenvalue weighted by atomic mass is 19.4. The molecule has 1 atom stereocenters. The van der Waals surface area contributed by atoms with Crippen molar-refractivity contribution in [2.24, 2.45) is 7.05 Å². The van der Waals surface area contributed by atoms with Crippen LogP contribution in [0.4, 0.5) is 13.2 Å². The number of methoxy groups -OCH3 is 1. The zero-order chi connectivity index (χ0) is 18.2. The topological polar surface area (TPSA) is 86.9 Å². The Balaban J connectivity index is 1.69. The smallest absolute Gasteiger partial charge is 0.377 e. The fourth-order valence-corrected chi connectivity index (χ4v) is 2.75. The van der Waals surface area contributed by atoms with Crippen molar-refractivity contribution in [3.63, 3.8) is 0 Å². The third-order valence-corrected chi connectivity index (χ3v) is 3.91. The van der Waals surface area contributed by atoms with Crippen LogP contribution in [0.25, 0.3) is 0 Å². The van der Waals surface area contributed by atoms with E-state index in [0.29, 0.717) is 31.8 Å². The molecule has 0 spiro atoms. The molecule has 2 aromatic heterocycles. The molecule has 1 aliphatic rings. The molecule has 0 aliphatic carbocycles. The molecule has 1 unspecified atom stereocenters. The van der Waals surface area contributed by atoms with Gasteiger partial charge >= 0.3 is 6.18 Å². The first kappa shape index (κ1) is 17.4. The summed E-state index contributed by atoms with van der Waals surface area (Å²) in [6, 6.07) is 0.497. The number of alkyl halides is 3. The monoisotopic (exact) mass is 358 g/mol. The van der Waals surface area contributed by atoms with Crippen LogP contribution in [-0.2, 0) is 37.5 Å². The number of hydrogen-bond donors (Lipinski definition) is 1. The lowest BCUT2D eigenvalue weighted by Crippen LogP contribution is -2.41. The van der Waals surface area contributed by atoms with Gasteiger partial charge in [-0.15, -0.1) is 0 Å². The molecule has 0 saturated carbocycles. The number of halogens is 3. The Hall–Kier alpha value is -2.43. The van der Waals surface area contributed by atoms with Crippen molar-refractivity contribution < 1.29 is 22.7 Å². The molecular weight excluding hydrogens is 341 g/mol. The average Bonchev–Trinajstić information content (AvgIpc) is 3.09. The second-order valence-corrected chi connectivity index (χ2v) is 5.80. The first-order chi connectivity index (χ1) is 11.8. The van der Waals surface area contributed by atoms with E-state index >= 15 is 0 Å². The molecule has 0 aromatic carbocycles. The molecule has 25 heavy (non-hydrogen) atoms. The van der Waals surface area contributed by atoms with E-state index in [1.165, 1.54) is 7.05 Å². The van der Waals surface area contributed by atoms with Gasteiger partial charge in [0.1, 0.15) is 18.1 Å². The van der Waals surface area contributed by atoms with Crippen LogP contribution in [-0.4, -0.2) is 43.6 Å². The van der Waals surface area contributed by atoms with E-state index in [1.807, 2.05) is 0 Å². The van der Waals surface area contributed by atoms with Crippen molar-refractivity contribution in [2.45, 2.75) is 38.2 Å². The van der Waals surface area contributed by atoms with Crippen LogP contribution in [0.5, 0.6) is 0 Å². The summed E-state index contributed by atoms with van der Waals surface area (Å²) in [6.45, 7) is 0.702. The van der Waals surface area contributed by atoms with Crippen molar-refractivity contribution in [3.8, 4) is 0 Å². The number of rotatable bonds is 4. The van der Waals surface area contributed by atoms with Gasteiger partial charge in [-0.25, -0.2) is 9.67 Å². The van der Waals surface area contributed by atoms with Gasteiger partial charge in [0.25, 0.3) is 5.91 Å². The molecule has 8 nitrogen and oxygen atoms in total. The highest BCUT2D eigenvalue weighted by Crippen LogP contribution is 2.28. The van der Waals surface area contributed by atoms with Gasteiger partial charge in [0.15, 0.2) is 11.5 Å². The number of aromatic nitrogens is 5. The van der Waals surface area contributed by atoms with Crippen molar-refractivity contribution in [1.82, 2.24) is 29.9 Å². The van der Waals surface area contributed by atoms with Crippen LogP contribution in [0.2, 0.25) is 0 Å². The van der Waals surface area contributed by atoms with Crippen LogP contribution in [0.1, 0.15) is 34.3 Å². The van der Waals surface area contributed by atoms with Gasteiger partial charge in [-0.3, -0.25) is 9.48 Å². The highest BCUT2D eigenvalue weighted by molar-refractivity contribution is 5.92. The molecule has 0 saturated heterocycles. The molecule has 0 radical (unpaired) electrons. The molecule has 1 aliphatic heterocycles. The average molecular weight is 358 g/mol. The summed E-state index contributed by atoms with van der Waals surface area (Å²) < 4.78 is 45.7. The summed E-state index contributed by atoms with van der Waals surface area (Å²) in [4.78, 5) is 16.6. The van der Waals surface area contributed by atoms with Crippen molar-refractivity contribution >= 4 is 5.91 Å². The molecule has 1 N–H and O–H groups in total. The lowest BCUT2D eigenvalue weighted by molar-refractivity contribution is -0.141. The van der Waals surface area contributed by atoms with Crippen LogP contribution in [0.15, 0.2) is 6.07 Å². The Kier molecular flexibility index (Phi) is 4.50. The summed E-state index contributed by atoms with van der Waals surface area (Å²) in [5.74, 6) is 0.763. The Labute approximate surface area is 141 Å². The van der Waals surface area contributed by atoms with Crippen molar-refractivity contribution in [1.29, 1.82) is 0 Å². The third-order valence-electron chi connectivity index (χ3n) is 3.91. The van der Waals surface area contributed by atoms with Gasteiger partial charge < -0.3 is 10.1 Å². The number of ether oxygens (including phenoxy) is 1. The largest absolute Gasteiger partial charge is 0.435 e. The van der Waals surface area contributed by atoms with Crippen LogP contribution in [0.3, 0.4) is 0 Å². The molecule has 1 amide bonds. The summed E-state index contributed by atoms with van der Waals surface area (Å²) >= 11 is 0. The van der Waals surface area contributed by atoms with E-state index in [1.54, 1.807) is 11.8 Å². The number of nitrogens with one attached hydrogen (secondary N) is 1. The maximum absolute atomic E-state index is 12.7. The predicted molar refractivity (Wildman–Crippen MR) is 78.5 cm³/mol. The summed E-state index contributed by atoms with van der Waals surface area (Å²) in [6.07, 6.45) is -3.35. The second kappa shape index (κ2) is 6.47. The summed E-state index contributed by atoms with van der Waals surface area (Å²) in [5.41, 5.74) is -1.23. The number of carbonyl (C=O) groups excluding carboxylic acids is 1. The number of carbonyl (C=O) groups is 1. The van der Waals surface area contributed by atoms with Gasteiger partial charge in [-0.05, 0) is 6.42 Å². The van der Waals surface area contributed by atoms with Crippen molar-refractivity contribution in [3.05, 3.63) is 29.1 Å². The van der Waals surface area contributed by atoms with Crippen LogP contribution >= 0.6 is 0 Å². The third kappa shape index (κ3) is 3.65. The Morgan fingerprint density at radius 2 is 2.20 bits per heavy atom. The summed E-state index contributed by atoms with van der Waals surface area (Å²) in [7, 11) is 2.85. The zero-order valence-electron chi connectivity index (χ0n) is 13.7. The van der Waals surface area contributed by atoms with Gasteiger partial charge in [-0.1, -0.05) is 0 Å². The van der Waals surface area contributed by atoms with Crippen molar-refractivity contribution in [2.75, 3.05) is 7.11 Å². The maximum atomic E-state index is 12.7. The second-order valence-electron chi connectivity index (χ2n) is 5.80. The molecule has 3 rings (SSSR count). The lowest BCUT2D eigenvalue weighted by Gasteiger charge is -2.23. The number of hydrogen-bond acceptors (Lipinski definition) is 5. The Bertz CT molecular complexity index is 782. The van der Waals surface area contributed by atoms with E-state index in [4.69, 9.17) is 4.74 Å². The first-order valence-corrected chi connectivity index (χ1v) is 7.61. The van der Waals surface area contributed by atoms with E-state index < -0.39 is 17.8 Å². The molecule has 11 heteroatoms. The lowest BCUT2D eigenvalue weighted by atomic mass is 10.1. The number of fused-ring (bicyclic) bond motifs is 1. The molecule has 2 aromatic rings. The molecule has 0 bridgehead atoms. The molecular formula is C14H17F3N6O2. The fraction of sp³-hybridized carbons (Fsp3) is 0.571. The molecule has 3 heterocycles.